The molecule has 3 heteroatoms. The normalized spacial score (nSPS) is 12.1. The Morgan fingerprint density at radius 2 is 1.95 bits per heavy atom. The van der Waals surface area contributed by atoms with Crippen LogP contribution in [0.5, 0.6) is 0 Å². The van der Waals surface area contributed by atoms with E-state index in [4.69, 9.17) is 5.73 Å². The van der Waals surface area contributed by atoms with Gasteiger partial charge in [0, 0.05) is 18.2 Å². The van der Waals surface area contributed by atoms with Gasteiger partial charge in [0.25, 0.3) is 0 Å². The van der Waals surface area contributed by atoms with Crippen molar-refractivity contribution in [1.82, 2.24) is 5.32 Å². The van der Waals surface area contributed by atoms with Crippen LogP contribution >= 0.6 is 0 Å². The first-order valence-corrected chi connectivity index (χ1v) is 6.75. The van der Waals surface area contributed by atoms with Crippen molar-refractivity contribution in [1.29, 1.82) is 0 Å². The molecule has 2 aromatic carbocycles. The fourth-order valence-electron chi connectivity index (χ4n) is 2.24. The molecule has 0 aromatic heterocycles. The molecule has 0 spiro atoms. The van der Waals surface area contributed by atoms with Gasteiger partial charge in [0.1, 0.15) is 0 Å². The van der Waals surface area contributed by atoms with Crippen LogP contribution in [0.3, 0.4) is 0 Å². The number of amides is 1. The van der Waals surface area contributed by atoms with Gasteiger partial charge in [-0.2, -0.15) is 0 Å². The molecule has 0 aliphatic rings. The van der Waals surface area contributed by atoms with Gasteiger partial charge in [-0.25, -0.2) is 0 Å². The molecule has 0 aliphatic carbocycles. The average molecular weight is 268 g/mol. The molecule has 0 heterocycles. The summed E-state index contributed by atoms with van der Waals surface area (Å²) in [6.07, 6.45) is 0. The fourth-order valence-corrected chi connectivity index (χ4v) is 2.24. The average Bonchev–Trinajstić information content (AvgIpc) is 2.45. The maximum atomic E-state index is 11.4. The zero-order valence-electron chi connectivity index (χ0n) is 11.9. The van der Waals surface area contributed by atoms with Crippen molar-refractivity contribution in [2.75, 3.05) is 0 Å². The number of aryl methyl sites for hydroxylation is 1. The van der Waals surface area contributed by atoms with Crippen LogP contribution in [0, 0.1) is 6.92 Å². The Balaban J connectivity index is 2.07. The maximum Gasteiger partial charge on any atom is 0.249 e. The van der Waals surface area contributed by atoms with E-state index in [1.807, 2.05) is 18.2 Å². The molecule has 0 fully saturated rings. The lowest BCUT2D eigenvalue weighted by Gasteiger charge is -2.16. The Morgan fingerprint density at radius 3 is 2.65 bits per heavy atom. The number of carbonyl (C=O) groups is 1. The van der Waals surface area contributed by atoms with Gasteiger partial charge in [0.2, 0.25) is 5.91 Å². The molecule has 0 aliphatic heterocycles. The van der Waals surface area contributed by atoms with Crippen molar-refractivity contribution in [3.05, 3.63) is 70.8 Å². The van der Waals surface area contributed by atoms with Gasteiger partial charge in [-0.15, -0.1) is 0 Å². The van der Waals surface area contributed by atoms with Gasteiger partial charge >= 0.3 is 0 Å². The molecule has 0 radical (unpaired) electrons. The second-order valence-electron chi connectivity index (χ2n) is 5.04. The molecular weight excluding hydrogens is 248 g/mol. The molecule has 104 valence electrons. The van der Waals surface area contributed by atoms with Crippen molar-refractivity contribution in [2.45, 2.75) is 26.4 Å². The molecule has 0 saturated carbocycles. The molecule has 3 N–H and O–H groups in total. The summed E-state index contributed by atoms with van der Waals surface area (Å²) in [7, 11) is 0. The lowest BCUT2D eigenvalue weighted by molar-refractivity contribution is 0.0999. The SMILES string of the molecule is Cc1cccc([C@H](C)NCc2ccccc2C(N)=O)c1. The minimum atomic E-state index is -0.384. The van der Waals surface area contributed by atoms with Gasteiger partial charge in [0.05, 0.1) is 0 Å². The molecule has 0 bridgehead atoms. The quantitative estimate of drug-likeness (QED) is 0.876. The fraction of sp³-hybridized carbons (Fsp3) is 0.235. The summed E-state index contributed by atoms with van der Waals surface area (Å²) < 4.78 is 0. The minimum Gasteiger partial charge on any atom is -0.366 e. The van der Waals surface area contributed by atoms with Crippen LogP contribution in [-0.2, 0) is 6.54 Å². The van der Waals surface area contributed by atoms with Gasteiger partial charge in [-0.1, -0.05) is 48.0 Å². The number of hydrogen-bond acceptors (Lipinski definition) is 2. The van der Waals surface area contributed by atoms with Crippen LogP contribution in [0.15, 0.2) is 48.5 Å². The van der Waals surface area contributed by atoms with Gasteiger partial charge in [-0.3, -0.25) is 4.79 Å². The lowest BCUT2D eigenvalue weighted by Crippen LogP contribution is -2.21. The van der Waals surface area contributed by atoms with E-state index in [1.54, 1.807) is 6.07 Å². The number of primary amides is 1. The maximum absolute atomic E-state index is 11.4. The molecule has 1 amide bonds. The van der Waals surface area contributed by atoms with Crippen molar-refractivity contribution in [3.8, 4) is 0 Å². The van der Waals surface area contributed by atoms with Gasteiger partial charge in [0.15, 0.2) is 0 Å². The van der Waals surface area contributed by atoms with Crippen LogP contribution in [0.4, 0.5) is 0 Å². The summed E-state index contributed by atoms with van der Waals surface area (Å²) in [5, 5.41) is 3.43. The number of hydrogen-bond donors (Lipinski definition) is 2. The van der Waals surface area contributed by atoms with Gasteiger partial charge < -0.3 is 11.1 Å². The molecule has 0 unspecified atom stereocenters. The summed E-state index contributed by atoms with van der Waals surface area (Å²) >= 11 is 0. The molecule has 0 saturated heterocycles. The van der Waals surface area contributed by atoms with E-state index in [0.717, 1.165) is 5.56 Å². The summed E-state index contributed by atoms with van der Waals surface area (Å²) in [6, 6.07) is 16.1. The van der Waals surface area contributed by atoms with Crippen molar-refractivity contribution >= 4 is 5.91 Å². The Hall–Kier alpha value is -2.13. The zero-order valence-corrected chi connectivity index (χ0v) is 11.9. The molecule has 20 heavy (non-hydrogen) atoms. The van der Waals surface area contributed by atoms with Crippen LogP contribution in [0.25, 0.3) is 0 Å². The van der Waals surface area contributed by atoms with E-state index in [1.165, 1.54) is 11.1 Å². The smallest absolute Gasteiger partial charge is 0.249 e. The summed E-state index contributed by atoms with van der Waals surface area (Å²) in [4.78, 5) is 11.4. The number of carbonyl (C=O) groups excluding carboxylic acids is 1. The number of nitrogens with two attached hydrogens (primary N) is 1. The first-order chi connectivity index (χ1) is 9.58. The van der Waals surface area contributed by atoms with Crippen LogP contribution in [0.1, 0.15) is 40.0 Å². The second kappa shape index (κ2) is 6.35. The summed E-state index contributed by atoms with van der Waals surface area (Å²) in [6.45, 7) is 4.81. The highest BCUT2D eigenvalue weighted by atomic mass is 16.1. The lowest BCUT2D eigenvalue weighted by atomic mass is 10.0. The molecular formula is C17H20N2O. The third-order valence-electron chi connectivity index (χ3n) is 3.42. The largest absolute Gasteiger partial charge is 0.366 e. The van der Waals surface area contributed by atoms with E-state index in [-0.39, 0.29) is 11.9 Å². The Morgan fingerprint density at radius 1 is 1.20 bits per heavy atom. The van der Waals surface area contributed by atoms with E-state index >= 15 is 0 Å². The first kappa shape index (κ1) is 14.3. The van der Waals surface area contributed by atoms with E-state index in [0.29, 0.717) is 12.1 Å². The van der Waals surface area contributed by atoms with Crippen LogP contribution in [0.2, 0.25) is 0 Å². The van der Waals surface area contributed by atoms with Crippen molar-refractivity contribution in [3.63, 3.8) is 0 Å². The van der Waals surface area contributed by atoms with Crippen molar-refractivity contribution < 1.29 is 4.79 Å². The third-order valence-corrected chi connectivity index (χ3v) is 3.42. The van der Waals surface area contributed by atoms with E-state index in [2.05, 4.69) is 43.4 Å². The standard InChI is InChI=1S/C17H20N2O/c1-12-6-5-8-14(10-12)13(2)19-11-15-7-3-4-9-16(15)17(18)20/h3-10,13,19H,11H2,1-2H3,(H2,18,20)/t13-/m0/s1. The minimum absolute atomic E-state index is 0.218. The summed E-state index contributed by atoms with van der Waals surface area (Å²) in [5.41, 5.74) is 9.38. The third kappa shape index (κ3) is 3.45. The number of nitrogens with one attached hydrogen (secondary N) is 1. The summed E-state index contributed by atoms with van der Waals surface area (Å²) in [5.74, 6) is -0.384. The Bertz CT molecular complexity index is 607. The predicted molar refractivity (Wildman–Crippen MR) is 81.4 cm³/mol. The topological polar surface area (TPSA) is 55.1 Å². The Labute approximate surface area is 119 Å². The number of rotatable bonds is 5. The first-order valence-electron chi connectivity index (χ1n) is 6.75. The van der Waals surface area contributed by atoms with E-state index < -0.39 is 0 Å². The highest BCUT2D eigenvalue weighted by Crippen LogP contribution is 2.15. The zero-order chi connectivity index (χ0) is 14.5. The van der Waals surface area contributed by atoms with Gasteiger partial charge in [-0.05, 0) is 31.0 Å². The highest BCUT2D eigenvalue weighted by molar-refractivity contribution is 5.94. The molecule has 2 rings (SSSR count). The molecule has 2 aromatic rings. The highest BCUT2D eigenvalue weighted by Gasteiger charge is 2.09. The number of benzene rings is 2. The molecule has 3 nitrogen and oxygen atoms in total. The Kier molecular flexibility index (Phi) is 4.53. The predicted octanol–water partition coefficient (Wildman–Crippen LogP) is 2.94. The van der Waals surface area contributed by atoms with E-state index in [9.17, 15) is 4.79 Å². The van der Waals surface area contributed by atoms with Crippen molar-refractivity contribution in [2.24, 2.45) is 5.73 Å². The molecule has 1 atom stereocenters. The second-order valence-corrected chi connectivity index (χ2v) is 5.04. The monoisotopic (exact) mass is 268 g/mol. The van der Waals surface area contributed by atoms with Crippen LogP contribution in [-0.4, -0.2) is 5.91 Å². The van der Waals surface area contributed by atoms with Crippen LogP contribution < -0.4 is 11.1 Å².